The minimum atomic E-state index is -1.05. The van der Waals surface area contributed by atoms with Gasteiger partial charge in [0.15, 0.2) is 0 Å². The Labute approximate surface area is 118 Å². The van der Waals surface area contributed by atoms with Crippen molar-refractivity contribution < 1.29 is 9.72 Å². The Morgan fingerprint density at radius 2 is 1.95 bits per heavy atom. The molecule has 0 radical (unpaired) electrons. The van der Waals surface area contributed by atoms with Gasteiger partial charge in [0.1, 0.15) is 0 Å². The van der Waals surface area contributed by atoms with E-state index in [0.29, 0.717) is 19.4 Å². The number of carbonyl (C=O) groups excluding carboxylic acids is 1. The first-order valence-corrected chi connectivity index (χ1v) is 6.84. The van der Waals surface area contributed by atoms with Crippen molar-refractivity contribution in [2.24, 2.45) is 5.92 Å². The van der Waals surface area contributed by atoms with Crippen LogP contribution in [0.15, 0.2) is 24.3 Å². The van der Waals surface area contributed by atoms with Gasteiger partial charge in [0.2, 0.25) is 11.4 Å². The molecule has 1 fully saturated rings. The highest BCUT2D eigenvalue weighted by Crippen LogP contribution is 2.31. The molecule has 1 aromatic carbocycles. The van der Waals surface area contributed by atoms with E-state index in [1.165, 1.54) is 0 Å². The Bertz CT molecular complexity index is 522. The molecule has 1 aliphatic heterocycles. The van der Waals surface area contributed by atoms with Gasteiger partial charge in [-0.15, -0.1) is 0 Å². The first kappa shape index (κ1) is 14.5. The van der Waals surface area contributed by atoms with Crippen molar-refractivity contribution in [2.75, 3.05) is 11.4 Å². The van der Waals surface area contributed by atoms with Gasteiger partial charge in [0.25, 0.3) is 0 Å². The number of hydrogen-bond donors (Lipinski definition) is 0. The summed E-state index contributed by atoms with van der Waals surface area (Å²) in [4.78, 5) is 24.8. The van der Waals surface area contributed by atoms with E-state index >= 15 is 0 Å². The summed E-state index contributed by atoms with van der Waals surface area (Å²) in [5.41, 5.74) is 0.970. The summed E-state index contributed by atoms with van der Waals surface area (Å²) >= 11 is 0. The lowest BCUT2D eigenvalue weighted by atomic mass is 9.90. The van der Waals surface area contributed by atoms with Crippen molar-refractivity contribution in [1.82, 2.24) is 0 Å². The maximum absolute atomic E-state index is 12.4. The largest absolute Gasteiger partial charge is 0.312 e. The monoisotopic (exact) mass is 276 g/mol. The third-order valence-electron chi connectivity index (χ3n) is 3.90. The SMILES string of the molecule is Cc1ccc(N2CCC(CC(C)(C)[N+](=O)[O-])C2=O)cc1. The van der Waals surface area contributed by atoms with Gasteiger partial charge in [-0.25, -0.2) is 0 Å². The van der Waals surface area contributed by atoms with Crippen LogP contribution in [0.5, 0.6) is 0 Å². The van der Waals surface area contributed by atoms with Gasteiger partial charge in [-0.2, -0.15) is 0 Å². The van der Waals surface area contributed by atoms with Crippen LogP contribution in [0.2, 0.25) is 0 Å². The number of carbonyl (C=O) groups is 1. The Morgan fingerprint density at radius 3 is 2.50 bits per heavy atom. The third kappa shape index (κ3) is 2.81. The summed E-state index contributed by atoms with van der Waals surface area (Å²) < 4.78 is 0. The molecule has 2 rings (SSSR count). The van der Waals surface area contributed by atoms with Gasteiger partial charge >= 0.3 is 0 Å². The molecular weight excluding hydrogens is 256 g/mol. The summed E-state index contributed by atoms with van der Waals surface area (Å²) in [5, 5.41) is 11.0. The Morgan fingerprint density at radius 1 is 1.35 bits per heavy atom. The first-order chi connectivity index (χ1) is 9.31. The van der Waals surface area contributed by atoms with Crippen molar-refractivity contribution in [3.8, 4) is 0 Å². The predicted molar refractivity (Wildman–Crippen MR) is 77.3 cm³/mol. The average Bonchev–Trinajstić information content (AvgIpc) is 2.72. The number of nitrogens with zero attached hydrogens (tertiary/aromatic N) is 2. The van der Waals surface area contributed by atoms with Gasteiger partial charge in [-0.05, 0) is 25.5 Å². The maximum Gasteiger partial charge on any atom is 0.230 e. The average molecular weight is 276 g/mol. The fourth-order valence-electron chi connectivity index (χ4n) is 2.59. The molecule has 1 aliphatic rings. The highest BCUT2D eigenvalue weighted by Gasteiger charge is 2.41. The van der Waals surface area contributed by atoms with Crippen LogP contribution in [-0.4, -0.2) is 22.9 Å². The molecule has 108 valence electrons. The minimum Gasteiger partial charge on any atom is -0.312 e. The maximum atomic E-state index is 12.4. The molecule has 1 amide bonds. The van der Waals surface area contributed by atoms with E-state index in [4.69, 9.17) is 0 Å². The molecule has 1 aromatic rings. The van der Waals surface area contributed by atoms with Gasteiger partial charge in [0, 0.05) is 43.3 Å². The second kappa shape index (κ2) is 5.23. The molecule has 0 N–H and O–H groups in total. The number of aryl methyl sites for hydroxylation is 1. The number of anilines is 1. The van der Waals surface area contributed by atoms with E-state index < -0.39 is 5.54 Å². The van der Waals surface area contributed by atoms with E-state index in [9.17, 15) is 14.9 Å². The molecule has 5 heteroatoms. The van der Waals surface area contributed by atoms with E-state index in [2.05, 4.69) is 0 Å². The van der Waals surface area contributed by atoms with Crippen LogP contribution in [0.3, 0.4) is 0 Å². The lowest BCUT2D eigenvalue weighted by molar-refractivity contribution is -0.562. The topological polar surface area (TPSA) is 63.4 Å². The summed E-state index contributed by atoms with van der Waals surface area (Å²) in [5.74, 6) is -0.250. The van der Waals surface area contributed by atoms with Crippen LogP contribution in [0.4, 0.5) is 5.69 Å². The van der Waals surface area contributed by atoms with Gasteiger partial charge in [-0.1, -0.05) is 17.7 Å². The lowest BCUT2D eigenvalue weighted by Gasteiger charge is -2.20. The molecule has 1 atom stereocenters. The summed E-state index contributed by atoms with van der Waals surface area (Å²) in [7, 11) is 0. The van der Waals surface area contributed by atoms with Gasteiger partial charge in [-0.3, -0.25) is 14.9 Å². The number of amides is 1. The minimum absolute atomic E-state index is 0.00350. The van der Waals surface area contributed by atoms with Crippen LogP contribution >= 0.6 is 0 Å². The van der Waals surface area contributed by atoms with Crippen LogP contribution in [0.1, 0.15) is 32.3 Å². The summed E-state index contributed by atoms with van der Waals surface area (Å²) in [6.07, 6.45) is 0.977. The summed E-state index contributed by atoms with van der Waals surface area (Å²) in [6.45, 7) is 5.79. The normalized spacial score (nSPS) is 19.4. The van der Waals surface area contributed by atoms with Crippen LogP contribution in [0.25, 0.3) is 0 Å². The van der Waals surface area contributed by atoms with Crippen molar-refractivity contribution in [1.29, 1.82) is 0 Å². The van der Waals surface area contributed by atoms with Crippen molar-refractivity contribution in [2.45, 2.75) is 39.2 Å². The molecule has 0 aromatic heterocycles. The zero-order valence-electron chi connectivity index (χ0n) is 12.1. The number of benzene rings is 1. The standard InChI is InChI=1S/C15H20N2O3/c1-11-4-6-13(7-5-11)16-9-8-12(14(16)18)10-15(2,3)17(19)20/h4-7,12H,8-10H2,1-3H3. The van der Waals surface area contributed by atoms with Crippen molar-refractivity contribution in [3.05, 3.63) is 39.9 Å². The summed E-state index contributed by atoms with van der Waals surface area (Å²) in [6, 6.07) is 7.79. The molecule has 0 bridgehead atoms. The Hall–Kier alpha value is -1.91. The molecule has 1 unspecified atom stereocenters. The lowest BCUT2D eigenvalue weighted by Crippen LogP contribution is -2.36. The van der Waals surface area contributed by atoms with E-state index in [0.717, 1.165) is 11.3 Å². The Balaban J connectivity index is 2.10. The fourth-order valence-corrected chi connectivity index (χ4v) is 2.59. The molecule has 1 saturated heterocycles. The zero-order chi connectivity index (χ0) is 14.9. The quantitative estimate of drug-likeness (QED) is 0.627. The predicted octanol–water partition coefficient (Wildman–Crippen LogP) is 2.79. The molecule has 0 saturated carbocycles. The van der Waals surface area contributed by atoms with E-state index in [1.807, 2.05) is 31.2 Å². The molecule has 5 nitrogen and oxygen atoms in total. The van der Waals surface area contributed by atoms with E-state index in [-0.39, 0.29) is 16.7 Å². The smallest absolute Gasteiger partial charge is 0.230 e. The second-order valence-electron chi connectivity index (χ2n) is 6.08. The molecular formula is C15H20N2O3. The third-order valence-corrected chi connectivity index (χ3v) is 3.90. The number of nitro groups is 1. The van der Waals surface area contributed by atoms with Crippen LogP contribution in [0, 0.1) is 23.0 Å². The Kier molecular flexibility index (Phi) is 3.79. The molecule has 0 aliphatic carbocycles. The molecule has 0 spiro atoms. The first-order valence-electron chi connectivity index (χ1n) is 6.84. The van der Waals surface area contributed by atoms with Crippen LogP contribution < -0.4 is 4.90 Å². The number of hydrogen-bond acceptors (Lipinski definition) is 3. The highest BCUT2D eigenvalue weighted by atomic mass is 16.6. The van der Waals surface area contributed by atoms with Crippen LogP contribution in [-0.2, 0) is 4.79 Å². The zero-order valence-corrected chi connectivity index (χ0v) is 12.1. The second-order valence-corrected chi connectivity index (χ2v) is 6.08. The van der Waals surface area contributed by atoms with Crippen molar-refractivity contribution >= 4 is 11.6 Å². The fraction of sp³-hybridized carbons (Fsp3) is 0.533. The molecule has 1 heterocycles. The highest BCUT2D eigenvalue weighted by molar-refractivity contribution is 5.97. The number of rotatable bonds is 4. The van der Waals surface area contributed by atoms with Crippen molar-refractivity contribution in [3.63, 3.8) is 0 Å². The molecule has 20 heavy (non-hydrogen) atoms. The van der Waals surface area contributed by atoms with E-state index in [1.54, 1.807) is 18.7 Å². The van der Waals surface area contributed by atoms with Gasteiger partial charge < -0.3 is 4.90 Å². The van der Waals surface area contributed by atoms with Gasteiger partial charge in [0.05, 0.1) is 0 Å².